The Morgan fingerprint density at radius 3 is 2.42 bits per heavy atom. The lowest BCUT2D eigenvalue weighted by molar-refractivity contribution is -0.117. The van der Waals surface area contributed by atoms with E-state index in [-0.39, 0.29) is 5.57 Å². The Kier molecular flexibility index (Phi) is 10.9. The second-order valence-electron chi connectivity index (χ2n) is 8.28. The Labute approximate surface area is 228 Å². The van der Waals surface area contributed by atoms with Crippen LogP contribution in [0.3, 0.4) is 0 Å². The summed E-state index contributed by atoms with van der Waals surface area (Å²) < 4.78 is 16.4. The molecule has 0 radical (unpaired) electrons. The monoisotopic (exact) mass is 531 g/mol. The molecule has 0 atom stereocenters. The first kappa shape index (κ1) is 28.5. The number of para-hydroxylation sites is 2. The van der Waals surface area contributed by atoms with Gasteiger partial charge in [0.15, 0.2) is 11.5 Å². The fraction of sp³-hybridized carbons (Fsp3) is 0.267. The van der Waals surface area contributed by atoms with Crippen LogP contribution in [0.25, 0.3) is 0 Å². The number of anilines is 1. The van der Waals surface area contributed by atoms with Crippen LogP contribution in [-0.4, -0.2) is 33.3 Å². The Morgan fingerprint density at radius 2 is 1.71 bits per heavy atom. The molecule has 3 rings (SSSR count). The average Bonchev–Trinajstić information content (AvgIpc) is 2.93. The van der Waals surface area contributed by atoms with Crippen molar-refractivity contribution in [2.24, 2.45) is 0 Å². The minimum absolute atomic E-state index is 0.0159. The molecule has 0 aliphatic rings. The van der Waals surface area contributed by atoms with Crippen LogP contribution >= 0.6 is 11.8 Å². The maximum absolute atomic E-state index is 13.2. The number of nitrogens with zero attached hydrogens (tertiary/aromatic N) is 1. The van der Waals surface area contributed by atoms with E-state index < -0.39 is 5.91 Å². The summed E-state index contributed by atoms with van der Waals surface area (Å²) in [6.07, 6.45) is 0.567. The predicted molar refractivity (Wildman–Crippen MR) is 153 cm³/mol. The van der Waals surface area contributed by atoms with Crippen LogP contribution in [-0.2, 0) is 17.0 Å². The van der Waals surface area contributed by atoms with Crippen LogP contribution in [0.2, 0.25) is 0 Å². The van der Waals surface area contributed by atoms with Crippen molar-refractivity contribution in [1.29, 1.82) is 5.26 Å². The number of ether oxygens (including phenoxy) is 3. The molecule has 0 bridgehead atoms. The lowest BCUT2D eigenvalue weighted by Gasteiger charge is -2.17. The molecule has 198 valence electrons. The van der Waals surface area contributed by atoms with Gasteiger partial charge < -0.3 is 24.8 Å². The van der Waals surface area contributed by atoms with E-state index in [1.165, 1.54) is 11.8 Å². The molecule has 0 fully saturated rings. The minimum atomic E-state index is -0.443. The van der Waals surface area contributed by atoms with E-state index in [0.29, 0.717) is 53.3 Å². The zero-order chi connectivity index (χ0) is 27.3. The SMILES string of the molecule is CCOc1ccccc1N/C(SCc1ccccc1C)=C(/C#N)C(=O)NCCc1ccc(OC)c(OC)c1. The molecule has 2 N–H and O–H groups in total. The maximum atomic E-state index is 13.2. The number of hydrogen-bond donors (Lipinski definition) is 2. The summed E-state index contributed by atoms with van der Waals surface area (Å²) in [4.78, 5) is 13.2. The molecule has 7 nitrogen and oxygen atoms in total. The largest absolute Gasteiger partial charge is 0.493 e. The van der Waals surface area contributed by atoms with Gasteiger partial charge in [-0.1, -0.05) is 42.5 Å². The van der Waals surface area contributed by atoms with Gasteiger partial charge in [0.05, 0.1) is 31.5 Å². The Hall–Kier alpha value is -4.09. The molecule has 0 aliphatic heterocycles. The molecule has 3 aromatic rings. The van der Waals surface area contributed by atoms with Crippen molar-refractivity contribution in [1.82, 2.24) is 5.32 Å². The highest BCUT2D eigenvalue weighted by Crippen LogP contribution is 2.32. The van der Waals surface area contributed by atoms with Crippen LogP contribution in [0.4, 0.5) is 5.69 Å². The van der Waals surface area contributed by atoms with Gasteiger partial charge in [-0.2, -0.15) is 5.26 Å². The van der Waals surface area contributed by atoms with Crippen molar-refractivity contribution in [3.8, 4) is 23.3 Å². The lowest BCUT2D eigenvalue weighted by Crippen LogP contribution is -2.28. The van der Waals surface area contributed by atoms with E-state index in [2.05, 4.69) is 16.7 Å². The smallest absolute Gasteiger partial charge is 0.264 e. The predicted octanol–water partition coefficient (Wildman–Crippen LogP) is 5.85. The van der Waals surface area contributed by atoms with Crippen molar-refractivity contribution >= 4 is 23.4 Å². The summed E-state index contributed by atoms with van der Waals surface area (Å²) >= 11 is 1.41. The third-order valence-corrected chi connectivity index (χ3v) is 6.83. The number of methoxy groups -OCH3 is 2. The first-order valence-corrected chi connectivity index (χ1v) is 13.3. The first-order chi connectivity index (χ1) is 18.5. The molecule has 3 aromatic carbocycles. The van der Waals surface area contributed by atoms with Gasteiger partial charge in [-0.15, -0.1) is 11.8 Å². The van der Waals surface area contributed by atoms with Gasteiger partial charge >= 0.3 is 0 Å². The van der Waals surface area contributed by atoms with Gasteiger partial charge in [-0.25, -0.2) is 0 Å². The second-order valence-corrected chi connectivity index (χ2v) is 9.27. The van der Waals surface area contributed by atoms with E-state index in [9.17, 15) is 10.1 Å². The van der Waals surface area contributed by atoms with Crippen LogP contribution in [0, 0.1) is 18.3 Å². The minimum Gasteiger partial charge on any atom is -0.493 e. The fourth-order valence-corrected chi connectivity index (χ4v) is 4.80. The summed E-state index contributed by atoms with van der Waals surface area (Å²) in [5.74, 6) is 2.07. The Balaban J connectivity index is 1.81. The van der Waals surface area contributed by atoms with E-state index in [1.807, 2.05) is 80.6 Å². The zero-order valence-corrected chi connectivity index (χ0v) is 23.0. The summed E-state index contributed by atoms with van der Waals surface area (Å²) in [6.45, 7) is 4.80. The third-order valence-electron chi connectivity index (χ3n) is 5.78. The van der Waals surface area contributed by atoms with E-state index in [0.717, 1.165) is 16.7 Å². The molecule has 0 aliphatic carbocycles. The summed E-state index contributed by atoms with van der Waals surface area (Å²) in [5.41, 5.74) is 3.95. The number of carbonyl (C=O) groups is 1. The van der Waals surface area contributed by atoms with Crippen LogP contribution < -0.4 is 24.8 Å². The Morgan fingerprint density at radius 1 is 0.974 bits per heavy atom. The number of nitriles is 1. The quantitative estimate of drug-likeness (QED) is 0.211. The van der Waals surface area contributed by atoms with E-state index in [1.54, 1.807) is 14.2 Å². The number of aryl methyl sites for hydroxylation is 1. The molecule has 0 heterocycles. The number of rotatable bonds is 13. The number of benzene rings is 3. The molecule has 38 heavy (non-hydrogen) atoms. The topological polar surface area (TPSA) is 92.6 Å². The summed E-state index contributed by atoms with van der Waals surface area (Å²) in [7, 11) is 3.17. The molecule has 0 unspecified atom stereocenters. The molecule has 0 spiro atoms. The number of nitrogens with one attached hydrogen (secondary N) is 2. The van der Waals surface area contributed by atoms with E-state index >= 15 is 0 Å². The molecule has 0 saturated carbocycles. The van der Waals surface area contributed by atoms with Gasteiger partial charge in [0.1, 0.15) is 17.4 Å². The molecular weight excluding hydrogens is 498 g/mol. The highest BCUT2D eigenvalue weighted by Gasteiger charge is 2.18. The fourth-order valence-electron chi connectivity index (χ4n) is 3.72. The number of amides is 1. The highest BCUT2D eigenvalue weighted by molar-refractivity contribution is 8.02. The maximum Gasteiger partial charge on any atom is 0.264 e. The van der Waals surface area contributed by atoms with Crippen LogP contribution in [0.1, 0.15) is 23.6 Å². The Bertz CT molecular complexity index is 1320. The van der Waals surface area contributed by atoms with Gasteiger partial charge in [0, 0.05) is 12.3 Å². The van der Waals surface area contributed by atoms with Crippen molar-refractivity contribution in [3.05, 3.63) is 94.0 Å². The molecular formula is C30H33N3O4S. The molecule has 0 aromatic heterocycles. The summed E-state index contributed by atoms with van der Waals surface area (Å²) in [5, 5.41) is 16.7. The highest BCUT2D eigenvalue weighted by atomic mass is 32.2. The second kappa shape index (κ2) is 14.6. The van der Waals surface area contributed by atoms with Crippen molar-refractivity contribution in [2.45, 2.75) is 26.0 Å². The van der Waals surface area contributed by atoms with Crippen molar-refractivity contribution in [2.75, 3.05) is 32.7 Å². The summed E-state index contributed by atoms with van der Waals surface area (Å²) in [6, 6.07) is 23.3. The normalized spacial score (nSPS) is 11.1. The van der Waals surface area contributed by atoms with Gasteiger partial charge in [0.25, 0.3) is 5.91 Å². The van der Waals surface area contributed by atoms with Crippen LogP contribution in [0.5, 0.6) is 17.2 Å². The van der Waals surface area contributed by atoms with E-state index in [4.69, 9.17) is 14.2 Å². The van der Waals surface area contributed by atoms with Crippen LogP contribution in [0.15, 0.2) is 77.3 Å². The number of carbonyl (C=O) groups excluding carboxylic acids is 1. The number of thioether (sulfide) groups is 1. The van der Waals surface area contributed by atoms with Gasteiger partial charge in [0.2, 0.25) is 0 Å². The zero-order valence-electron chi connectivity index (χ0n) is 22.2. The molecule has 8 heteroatoms. The van der Waals surface area contributed by atoms with Gasteiger partial charge in [-0.05, 0) is 61.2 Å². The molecule has 1 amide bonds. The standard InChI is InChI=1S/C30H33N3O4S/c1-5-37-26-13-9-8-12-25(26)33-30(38-20-23-11-7-6-10-21(23)2)24(19-31)29(34)32-17-16-22-14-15-27(35-3)28(18-22)36-4/h6-15,18,33H,5,16-17,20H2,1-4H3,(H,32,34)/b30-24+. The van der Waals surface area contributed by atoms with Crippen molar-refractivity contribution in [3.63, 3.8) is 0 Å². The van der Waals surface area contributed by atoms with Crippen molar-refractivity contribution < 1.29 is 19.0 Å². The molecule has 0 saturated heterocycles. The first-order valence-electron chi connectivity index (χ1n) is 12.3. The van der Waals surface area contributed by atoms with Gasteiger partial charge in [-0.3, -0.25) is 4.79 Å². The lowest BCUT2D eigenvalue weighted by atomic mass is 10.1. The third kappa shape index (κ3) is 7.70. The average molecular weight is 532 g/mol. The number of hydrogen-bond acceptors (Lipinski definition) is 7.